The predicted octanol–water partition coefficient (Wildman–Crippen LogP) is 2.53. The second-order valence-electron chi connectivity index (χ2n) is 3.65. The lowest BCUT2D eigenvalue weighted by atomic mass is 10.2. The molecule has 1 rings (SSSR count). The molecule has 0 aliphatic carbocycles. The van der Waals surface area contributed by atoms with Gasteiger partial charge in [-0.05, 0) is 25.1 Å². The Bertz CT molecular complexity index is 465. The number of carbonyl (C=O) groups is 2. The fourth-order valence-corrected chi connectivity index (χ4v) is 1.80. The third-order valence-electron chi connectivity index (χ3n) is 2.43. The largest absolute Gasteiger partial charge is 0.481 e. The van der Waals surface area contributed by atoms with Gasteiger partial charge in [0.2, 0.25) is 0 Å². The van der Waals surface area contributed by atoms with Crippen LogP contribution in [0.25, 0.3) is 0 Å². The lowest BCUT2D eigenvalue weighted by Crippen LogP contribution is -2.33. The van der Waals surface area contributed by atoms with Crippen LogP contribution in [0.5, 0.6) is 0 Å². The van der Waals surface area contributed by atoms with Crippen molar-refractivity contribution >= 4 is 27.8 Å². The van der Waals surface area contributed by atoms with Crippen LogP contribution < -0.4 is 0 Å². The Morgan fingerprint density at radius 2 is 2.11 bits per heavy atom. The van der Waals surface area contributed by atoms with E-state index in [1.54, 1.807) is 13.0 Å². The topological polar surface area (TPSA) is 57.6 Å². The van der Waals surface area contributed by atoms with Gasteiger partial charge in [-0.1, -0.05) is 15.9 Å². The lowest BCUT2D eigenvalue weighted by molar-refractivity contribution is -0.137. The zero-order valence-corrected chi connectivity index (χ0v) is 11.4. The van der Waals surface area contributed by atoms with Crippen LogP contribution in [-0.4, -0.2) is 35.0 Å². The summed E-state index contributed by atoms with van der Waals surface area (Å²) in [7, 11) is 0. The fraction of sp³-hybridized carbons (Fsp3) is 0.333. The highest BCUT2D eigenvalue weighted by Crippen LogP contribution is 2.17. The Hall–Kier alpha value is -1.43. The summed E-state index contributed by atoms with van der Waals surface area (Å²) in [5, 5.41) is 8.58. The molecular formula is C12H13BrFNO3. The number of rotatable bonds is 5. The van der Waals surface area contributed by atoms with Gasteiger partial charge in [-0.15, -0.1) is 0 Å². The van der Waals surface area contributed by atoms with Crippen molar-refractivity contribution in [3.63, 3.8) is 0 Å². The molecule has 0 saturated carbocycles. The fourth-order valence-electron chi connectivity index (χ4n) is 1.47. The van der Waals surface area contributed by atoms with Gasteiger partial charge < -0.3 is 10.0 Å². The summed E-state index contributed by atoms with van der Waals surface area (Å²) in [4.78, 5) is 23.8. The average molecular weight is 318 g/mol. The molecule has 1 aromatic rings. The molecule has 1 amide bonds. The summed E-state index contributed by atoms with van der Waals surface area (Å²) in [5.41, 5.74) is -0.0505. The summed E-state index contributed by atoms with van der Waals surface area (Å²) in [5.74, 6) is -2.11. The Morgan fingerprint density at radius 3 is 2.61 bits per heavy atom. The third-order valence-corrected chi connectivity index (χ3v) is 2.92. The summed E-state index contributed by atoms with van der Waals surface area (Å²) in [6.45, 7) is 2.12. The van der Waals surface area contributed by atoms with E-state index >= 15 is 0 Å². The number of carboxylic acids is 1. The van der Waals surface area contributed by atoms with Crippen molar-refractivity contribution in [3.05, 3.63) is 34.1 Å². The van der Waals surface area contributed by atoms with Crippen LogP contribution in [0.3, 0.4) is 0 Å². The standard InChI is InChI=1S/C12H13BrFNO3/c1-2-15(6-5-11(16)17)12(18)9-4-3-8(13)7-10(9)14/h3-4,7H,2,5-6H2,1H3,(H,16,17). The number of hydrogen-bond acceptors (Lipinski definition) is 2. The molecule has 0 saturated heterocycles. The zero-order valence-electron chi connectivity index (χ0n) is 9.82. The van der Waals surface area contributed by atoms with Crippen molar-refractivity contribution in [2.75, 3.05) is 13.1 Å². The van der Waals surface area contributed by atoms with Crippen molar-refractivity contribution in [1.29, 1.82) is 0 Å². The van der Waals surface area contributed by atoms with Crippen molar-refractivity contribution in [2.24, 2.45) is 0 Å². The van der Waals surface area contributed by atoms with Crippen LogP contribution in [0.1, 0.15) is 23.7 Å². The molecule has 0 unspecified atom stereocenters. The predicted molar refractivity (Wildman–Crippen MR) is 67.9 cm³/mol. The maximum Gasteiger partial charge on any atom is 0.305 e. The molecule has 0 aromatic heterocycles. The number of amides is 1. The SMILES string of the molecule is CCN(CCC(=O)O)C(=O)c1ccc(Br)cc1F. The van der Waals surface area contributed by atoms with Crippen molar-refractivity contribution < 1.29 is 19.1 Å². The van der Waals surface area contributed by atoms with Crippen LogP contribution in [0.15, 0.2) is 22.7 Å². The Kier molecular flexibility index (Phi) is 5.27. The van der Waals surface area contributed by atoms with E-state index in [4.69, 9.17) is 5.11 Å². The van der Waals surface area contributed by atoms with E-state index in [1.165, 1.54) is 17.0 Å². The quantitative estimate of drug-likeness (QED) is 0.907. The molecule has 98 valence electrons. The van der Waals surface area contributed by atoms with E-state index in [1.807, 2.05) is 0 Å². The van der Waals surface area contributed by atoms with Crippen LogP contribution in [0, 0.1) is 5.82 Å². The van der Waals surface area contributed by atoms with Crippen molar-refractivity contribution in [3.8, 4) is 0 Å². The number of benzene rings is 1. The van der Waals surface area contributed by atoms with E-state index < -0.39 is 17.7 Å². The summed E-state index contributed by atoms with van der Waals surface area (Å²) >= 11 is 3.11. The van der Waals surface area contributed by atoms with Gasteiger partial charge in [0.25, 0.3) is 5.91 Å². The maximum absolute atomic E-state index is 13.6. The third kappa shape index (κ3) is 3.80. The lowest BCUT2D eigenvalue weighted by Gasteiger charge is -2.20. The second-order valence-corrected chi connectivity index (χ2v) is 4.57. The highest BCUT2D eigenvalue weighted by Gasteiger charge is 2.18. The van der Waals surface area contributed by atoms with Gasteiger partial charge >= 0.3 is 5.97 Å². The number of aliphatic carboxylic acids is 1. The first-order chi connectivity index (χ1) is 8.45. The number of hydrogen-bond donors (Lipinski definition) is 1. The van der Waals surface area contributed by atoms with Crippen LogP contribution in [-0.2, 0) is 4.79 Å². The molecule has 0 aliphatic heterocycles. The second kappa shape index (κ2) is 6.49. The van der Waals surface area contributed by atoms with E-state index in [0.717, 1.165) is 0 Å². The molecule has 0 spiro atoms. The van der Waals surface area contributed by atoms with Crippen LogP contribution in [0.2, 0.25) is 0 Å². The molecule has 0 atom stereocenters. The minimum Gasteiger partial charge on any atom is -0.481 e. The maximum atomic E-state index is 13.6. The first kappa shape index (κ1) is 14.6. The van der Waals surface area contributed by atoms with E-state index in [9.17, 15) is 14.0 Å². The highest BCUT2D eigenvalue weighted by molar-refractivity contribution is 9.10. The average Bonchev–Trinajstić information content (AvgIpc) is 2.29. The molecule has 0 fully saturated rings. The zero-order chi connectivity index (χ0) is 13.7. The van der Waals surface area contributed by atoms with Gasteiger partial charge in [0.15, 0.2) is 0 Å². The number of carbonyl (C=O) groups excluding carboxylic acids is 1. The van der Waals surface area contributed by atoms with E-state index in [0.29, 0.717) is 11.0 Å². The van der Waals surface area contributed by atoms with Gasteiger partial charge in [0.1, 0.15) is 5.82 Å². The molecule has 6 heteroatoms. The first-order valence-corrected chi connectivity index (χ1v) is 6.21. The smallest absolute Gasteiger partial charge is 0.305 e. The minimum atomic E-state index is -0.988. The molecule has 0 bridgehead atoms. The van der Waals surface area contributed by atoms with Crippen LogP contribution >= 0.6 is 15.9 Å². The summed E-state index contributed by atoms with van der Waals surface area (Å²) < 4.78 is 14.1. The Balaban J connectivity index is 2.86. The summed E-state index contributed by atoms with van der Waals surface area (Å²) in [6, 6.07) is 4.16. The molecule has 1 N–H and O–H groups in total. The monoisotopic (exact) mass is 317 g/mol. The summed E-state index contributed by atoms with van der Waals surface area (Å²) in [6.07, 6.45) is -0.155. The van der Waals surface area contributed by atoms with E-state index in [-0.39, 0.29) is 18.5 Å². The van der Waals surface area contributed by atoms with Gasteiger partial charge in [-0.3, -0.25) is 9.59 Å². The van der Waals surface area contributed by atoms with Gasteiger partial charge in [-0.25, -0.2) is 4.39 Å². The van der Waals surface area contributed by atoms with Crippen molar-refractivity contribution in [1.82, 2.24) is 4.90 Å². The molecule has 1 aromatic carbocycles. The van der Waals surface area contributed by atoms with Crippen molar-refractivity contribution in [2.45, 2.75) is 13.3 Å². The van der Waals surface area contributed by atoms with E-state index in [2.05, 4.69) is 15.9 Å². The molecule has 0 radical (unpaired) electrons. The molecule has 4 nitrogen and oxygen atoms in total. The Labute approximate surface area is 113 Å². The van der Waals surface area contributed by atoms with Gasteiger partial charge in [0, 0.05) is 17.6 Å². The normalized spacial score (nSPS) is 10.2. The molecule has 18 heavy (non-hydrogen) atoms. The molecular weight excluding hydrogens is 305 g/mol. The number of nitrogens with zero attached hydrogens (tertiary/aromatic N) is 1. The minimum absolute atomic E-state index is 0.0505. The molecule has 0 aliphatic rings. The van der Waals surface area contributed by atoms with Gasteiger partial charge in [-0.2, -0.15) is 0 Å². The highest BCUT2D eigenvalue weighted by atomic mass is 79.9. The van der Waals surface area contributed by atoms with Crippen LogP contribution in [0.4, 0.5) is 4.39 Å². The number of halogens is 2. The first-order valence-electron chi connectivity index (χ1n) is 5.41. The Morgan fingerprint density at radius 1 is 1.44 bits per heavy atom. The number of carboxylic acid groups (broad SMARTS) is 1. The van der Waals surface area contributed by atoms with Gasteiger partial charge in [0.05, 0.1) is 12.0 Å². The molecule has 0 heterocycles.